The largest absolute Gasteiger partial charge is 0.445 e. The van der Waals surface area contributed by atoms with Gasteiger partial charge in [-0.25, -0.2) is 4.79 Å². The summed E-state index contributed by atoms with van der Waals surface area (Å²) in [6, 6.07) is 9.79. The van der Waals surface area contributed by atoms with E-state index in [-0.39, 0.29) is 12.2 Å². The van der Waals surface area contributed by atoms with Crippen LogP contribution in [0.1, 0.15) is 12.0 Å². The minimum Gasteiger partial charge on any atom is -0.445 e. The monoisotopic (exact) mass is 220 g/mol. The lowest BCUT2D eigenvalue weighted by molar-refractivity contribution is 0.107. The third kappa shape index (κ3) is 3.24. The van der Waals surface area contributed by atoms with Crippen molar-refractivity contribution in [3.05, 3.63) is 35.9 Å². The fraction of sp³-hybridized carbons (Fsp3) is 0.417. The smallest absolute Gasteiger partial charge is 0.407 e. The molecular weight excluding hydrogens is 204 g/mol. The number of carbonyl (C=O) groups is 1. The van der Waals surface area contributed by atoms with Crippen LogP contribution in [0.2, 0.25) is 0 Å². The van der Waals surface area contributed by atoms with E-state index in [0.717, 1.165) is 25.1 Å². The minimum atomic E-state index is -0.336. The Morgan fingerprint density at radius 1 is 1.44 bits per heavy atom. The summed E-state index contributed by atoms with van der Waals surface area (Å²) in [5, 5.41) is 5.88. The van der Waals surface area contributed by atoms with Crippen LogP contribution in [0.5, 0.6) is 0 Å². The molecule has 0 bridgehead atoms. The van der Waals surface area contributed by atoms with Crippen LogP contribution in [0.4, 0.5) is 4.79 Å². The third-order valence-corrected chi connectivity index (χ3v) is 2.57. The fourth-order valence-electron chi connectivity index (χ4n) is 1.69. The number of rotatable bonds is 3. The van der Waals surface area contributed by atoms with Crippen molar-refractivity contribution in [2.45, 2.75) is 19.1 Å². The Morgan fingerprint density at radius 3 is 2.94 bits per heavy atom. The van der Waals surface area contributed by atoms with Gasteiger partial charge >= 0.3 is 6.09 Å². The van der Waals surface area contributed by atoms with Crippen LogP contribution >= 0.6 is 0 Å². The average molecular weight is 220 g/mol. The molecule has 0 aromatic heterocycles. The first-order valence-electron chi connectivity index (χ1n) is 5.54. The van der Waals surface area contributed by atoms with Crippen LogP contribution in [-0.4, -0.2) is 25.3 Å². The van der Waals surface area contributed by atoms with Gasteiger partial charge in [0.1, 0.15) is 6.10 Å². The van der Waals surface area contributed by atoms with Crippen LogP contribution in [0, 0.1) is 0 Å². The minimum absolute atomic E-state index is 0.0239. The Labute approximate surface area is 95.0 Å². The molecule has 4 nitrogen and oxygen atoms in total. The summed E-state index contributed by atoms with van der Waals surface area (Å²) in [5.74, 6) is 0. The summed E-state index contributed by atoms with van der Waals surface area (Å²) in [4.78, 5) is 11.4. The number of amides is 1. The topological polar surface area (TPSA) is 50.4 Å². The Hall–Kier alpha value is -1.55. The summed E-state index contributed by atoms with van der Waals surface area (Å²) >= 11 is 0. The van der Waals surface area contributed by atoms with Gasteiger partial charge in [-0.05, 0) is 18.5 Å². The van der Waals surface area contributed by atoms with E-state index < -0.39 is 0 Å². The lowest BCUT2D eigenvalue weighted by Crippen LogP contribution is -2.29. The molecule has 4 heteroatoms. The number of benzene rings is 1. The SMILES string of the molecule is O=C(NCc1ccccc1)OC1CCNC1. The zero-order valence-electron chi connectivity index (χ0n) is 9.11. The molecule has 0 saturated carbocycles. The van der Waals surface area contributed by atoms with Gasteiger partial charge in [-0.2, -0.15) is 0 Å². The average Bonchev–Trinajstić information content (AvgIpc) is 2.81. The number of nitrogens with one attached hydrogen (secondary N) is 2. The molecule has 1 fully saturated rings. The molecule has 1 aliphatic rings. The van der Waals surface area contributed by atoms with Crippen LogP contribution in [0.25, 0.3) is 0 Å². The molecule has 16 heavy (non-hydrogen) atoms. The van der Waals surface area contributed by atoms with E-state index in [9.17, 15) is 4.79 Å². The van der Waals surface area contributed by atoms with E-state index in [0.29, 0.717) is 6.54 Å². The summed E-state index contributed by atoms with van der Waals surface area (Å²) in [6.07, 6.45) is 0.590. The van der Waals surface area contributed by atoms with Gasteiger partial charge in [0.05, 0.1) is 0 Å². The van der Waals surface area contributed by atoms with Gasteiger partial charge in [0, 0.05) is 13.1 Å². The molecule has 2 N–H and O–H groups in total. The number of ether oxygens (including phenoxy) is 1. The van der Waals surface area contributed by atoms with Crippen molar-refractivity contribution in [2.24, 2.45) is 0 Å². The number of alkyl carbamates (subject to hydrolysis) is 1. The summed E-state index contributed by atoms with van der Waals surface area (Å²) in [7, 11) is 0. The van der Waals surface area contributed by atoms with Gasteiger partial charge in [-0.15, -0.1) is 0 Å². The molecule has 1 aliphatic heterocycles. The molecule has 0 radical (unpaired) electrons. The highest BCUT2D eigenvalue weighted by atomic mass is 16.6. The van der Waals surface area contributed by atoms with Crippen molar-refractivity contribution in [1.29, 1.82) is 0 Å². The molecule has 2 rings (SSSR count). The Bertz CT molecular complexity index is 334. The molecule has 86 valence electrons. The first kappa shape index (κ1) is 11.0. The fourth-order valence-corrected chi connectivity index (χ4v) is 1.69. The quantitative estimate of drug-likeness (QED) is 0.806. The van der Waals surface area contributed by atoms with E-state index in [1.165, 1.54) is 0 Å². The normalized spacial score (nSPS) is 19.4. The lowest BCUT2D eigenvalue weighted by Gasteiger charge is -2.11. The van der Waals surface area contributed by atoms with Gasteiger partial charge in [-0.3, -0.25) is 0 Å². The van der Waals surface area contributed by atoms with Crippen LogP contribution in [0.15, 0.2) is 30.3 Å². The maximum absolute atomic E-state index is 11.4. The second-order valence-electron chi connectivity index (χ2n) is 3.86. The Morgan fingerprint density at radius 2 is 2.25 bits per heavy atom. The van der Waals surface area contributed by atoms with Gasteiger partial charge in [0.2, 0.25) is 0 Å². The van der Waals surface area contributed by atoms with Gasteiger partial charge in [0.15, 0.2) is 0 Å². The molecule has 0 aliphatic carbocycles. The predicted molar refractivity (Wildman–Crippen MR) is 61.0 cm³/mol. The van der Waals surface area contributed by atoms with Gasteiger partial charge < -0.3 is 15.4 Å². The zero-order valence-corrected chi connectivity index (χ0v) is 9.11. The molecule has 1 amide bonds. The predicted octanol–water partition coefficient (Wildman–Crippen LogP) is 1.27. The van der Waals surface area contributed by atoms with Crippen molar-refractivity contribution < 1.29 is 9.53 Å². The highest BCUT2D eigenvalue weighted by Crippen LogP contribution is 2.03. The van der Waals surface area contributed by atoms with Crippen molar-refractivity contribution in [2.75, 3.05) is 13.1 Å². The summed E-state index contributed by atoms with van der Waals surface area (Å²) < 4.78 is 5.22. The maximum atomic E-state index is 11.4. The number of carbonyl (C=O) groups excluding carboxylic acids is 1. The highest BCUT2D eigenvalue weighted by Gasteiger charge is 2.18. The first-order valence-corrected chi connectivity index (χ1v) is 5.54. The molecule has 1 unspecified atom stereocenters. The van der Waals surface area contributed by atoms with Crippen LogP contribution < -0.4 is 10.6 Å². The summed E-state index contributed by atoms with van der Waals surface area (Å²) in [5.41, 5.74) is 1.07. The highest BCUT2D eigenvalue weighted by molar-refractivity contribution is 5.67. The molecular formula is C12H16N2O2. The van der Waals surface area contributed by atoms with E-state index in [1.807, 2.05) is 30.3 Å². The summed E-state index contributed by atoms with van der Waals surface area (Å²) in [6.45, 7) is 2.20. The second-order valence-corrected chi connectivity index (χ2v) is 3.86. The Kier molecular flexibility index (Phi) is 3.77. The lowest BCUT2D eigenvalue weighted by atomic mass is 10.2. The van der Waals surface area contributed by atoms with Gasteiger partial charge in [0.25, 0.3) is 0 Å². The Balaban J connectivity index is 1.71. The standard InChI is InChI=1S/C12H16N2O2/c15-12(16-11-6-7-13-9-11)14-8-10-4-2-1-3-5-10/h1-5,11,13H,6-9H2,(H,14,15). The van der Waals surface area contributed by atoms with E-state index in [1.54, 1.807) is 0 Å². The second kappa shape index (κ2) is 5.51. The van der Waals surface area contributed by atoms with Crippen LogP contribution in [0.3, 0.4) is 0 Å². The van der Waals surface area contributed by atoms with Crippen molar-refractivity contribution in [3.8, 4) is 0 Å². The molecule has 1 heterocycles. The third-order valence-electron chi connectivity index (χ3n) is 2.57. The van der Waals surface area contributed by atoms with Gasteiger partial charge in [-0.1, -0.05) is 30.3 Å². The van der Waals surface area contributed by atoms with E-state index >= 15 is 0 Å². The van der Waals surface area contributed by atoms with Crippen LogP contribution in [-0.2, 0) is 11.3 Å². The number of hydrogen-bond acceptors (Lipinski definition) is 3. The number of hydrogen-bond donors (Lipinski definition) is 2. The van der Waals surface area contributed by atoms with E-state index in [2.05, 4.69) is 10.6 Å². The molecule has 1 aromatic carbocycles. The molecule has 1 atom stereocenters. The van der Waals surface area contributed by atoms with Crippen molar-refractivity contribution in [3.63, 3.8) is 0 Å². The molecule has 0 spiro atoms. The first-order chi connectivity index (χ1) is 7.84. The van der Waals surface area contributed by atoms with Crippen molar-refractivity contribution in [1.82, 2.24) is 10.6 Å². The zero-order chi connectivity index (χ0) is 11.2. The van der Waals surface area contributed by atoms with E-state index in [4.69, 9.17) is 4.74 Å². The molecule has 1 aromatic rings. The maximum Gasteiger partial charge on any atom is 0.407 e. The van der Waals surface area contributed by atoms with Crippen molar-refractivity contribution >= 4 is 6.09 Å². The molecule has 1 saturated heterocycles.